The van der Waals surface area contributed by atoms with Crippen LogP contribution in [-0.4, -0.2) is 5.91 Å². The second kappa shape index (κ2) is 5.59. The predicted octanol–water partition coefficient (Wildman–Crippen LogP) is 3.08. The number of amides is 1. The van der Waals surface area contributed by atoms with Crippen LogP contribution in [0.3, 0.4) is 0 Å². The summed E-state index contributed by atoms with van der Waals surface area (Å²) in [5.41, 5.74) is -1.75. The summed E-state index contributed by atoms with van der Waals surface area (Å²) in [6.45, 7) is 0. The quantitative estimate of drug-likeness (QED) is 0.908. The van der Waals surface area contributed by atoms with Gasteiger partial charge in [0.2, 0.25) is 5.91 Å². The van der Waals surface area contributed by atoms with Crippen molar-refractivity contribution in [3.8, 4) is 12.1 Å². The highest BCUT2D eigenvalue weighted by Crippen LogP contribution is 2.36. The highest BCUT2D eigenvalue weighted by molar-refractivity contribution is 6.34. The molecule has 98 valence electrons. The Bertz CT molecular complexity index is 599. The molecule has 1 aromatic carbocycles. The number of carbonyl (C=O) groups is 1. The first-order valence-electron chi connectivity index (χ1n) is 4.77. The van der Waals surface area contributed by atoms with Crippen molar-refractivity contribution in [1.29, 1.82) is 10.5 Å². The summed E-state index contributed by atoms with van der Waals surface area (Å²) in [6, 6.07) is 4.26. The van der Waals surface area contributed by atoms with E-state index < -0.39 is 34.7 Å². The first-order valence-corrected chi connectivity index (χ1v) is 5.15. The van der Waals surface area contributed by atoms with E-state index >= 15 is 0 Å². The molecule has 8 heteroatoms. The van der Waals surface area contributed by atoms with E-state index in [1.54, 1.807) is 6.07 Å². The number of rotatable bonds is 2. The predicted molar refractivity (Wildman–Crippen MR) is 60.0 cm³/mol. The van der Waals surface area contributed by atoms with Crippen LogP contribution < -0.4 is 5.32 Å². The van der Waals surface area contributed by atoms with Gasteiger partial charge in [0, 0.05) is 0 Å². The van der Waals surface area contributed by atoms with Crippen molar-refractivity contribution in [3.63, 3.8) is 0 Å². The zero-order chi connectivity index (χ0) is 14.6. The summed E-state index contributed by atoms with van der Waals surface area (Å²) in [5.74, 6) is -0.763. The van der Waals surface area contributed by atoms with E-state index in [0.717, 1.165) is 0 Å². The second-order valence-electron chi connectivity index (χ2n) is 3.37. The molecule has 0 saturated heterocycles. The molecule has 0 bridgehead atoms. The number of nitrogens with one attached hydrogen (secondary N) is 1. The molecule has 0 radical (unpaired) electrons. The van der Waals surface area contributed by atoms with Gasteiger partial charge in [0.1, 0.15) is 12.5 Å². The Kier molecular flexibility index (Phi) is 4.36. The van der Waals surface area contributed by atoms with Gasteiger partial charge in [-0.15, -0.1) is 0 Å². The normalized spacial score (nSPS) is 10.4. The lowest BCUT2D eigenvalue weighted by Crippen LogP contribution is -2.13. The van der Waals surface area contributed by atoms with E-state index in [4.69, 9.17) is 22.1 Å². The van der Waals surface area contributed by atoms with Crippen LogP contribution in [0.5, 0.6) is 0 Å². The maximum absolute atomic E-state index is 12.5. The molecule has 0 fully saturated rings. The first kappa shape index (κ1) is 14.8. The van der Waals surface area contributed by atoms with Gasteiger partial charge in [-0.2, -0.15) is 23.7 Å². The zero-order valence-electron chi connectivity index (χ0n) is 9.18. The number of benzene rings is 1. The molecule has 0 saturated carbocycles. The average Bonchev–Trinajstić information content (AvgIpc) is 2.30. The van der Waals surface area contributed by atoms with Crippen LogP contribution in [0.4, 0.5) is 18.9 Å². The van der Waals surface area contributed by atoms with Crippen molar-refractivity contribution < 1.29 is 18.0 Å². The van der Waals surface area contributed by atoms with Crippen LogP contribution in [0.1, 0.15) is 17.5 Å². The summed E-state index contributed by atoms with van der Waals surface area (Å²) in [4.78, 5) is 11.2. The molecule has 0 aromatic heterocycles. The molecule has 0 atom stereocenters. The van der Waals surface area contributed by atoms with Crippen LogP contribution in [0, 0.1) is 22.7 Å². The van der Waals surface area contributed by atoms with Gasteiger partial charge in [0.05, 0.1) is 27.9 Å². The van der Waals surface area contributed by atoms with E-state index in [2.05, 4.69) is 5.32 Å². The molecular weight excluding hydrogens is 283 g/mol. The number of hydrogen-bond donors (Lipinski definition) is 1. The van der Waals surface area contributed by atoms with Gasteiger partial charge in [0.25, 0.3) is 0 Å². The molecule has 0 aliphatic carbocycles. The molecule has 1 amide bonds. The average molecular weight is 288 g/mol. The Balaban J connectivity index is 3.25. The van der Waals surface area contributed by atoms with Crippen LogP contribution in [0.2, 0.25) is 5.02 Å². The van der Waals surface area contributed by atoms with Crippen molar-refractivity contribution in [2.45, 2.75) is 12.6 Å². The minimum absolute atomic E-state index is 0.239. The van der Waals surface area contributed by atoms with Crippen LogP contribution in [-0.2, 0) is 11.0 Å². The van der Waals surface area contributed by atoms with Gasteiger partial charge >= 0.3 is 6.18 Å². The Morgan fingerprint density at radius 2 is 2.00 bits per heavy atom. The molecular formula is C11H5ClF3N3O. The largest absolute Gasteiger partial charge is 0.416 e. The Labute approximate surface area is 111 Å². The van der Waals surface area contributed by atoms with Gasteiger partial charge in [-0.3, -0.25) is 4.79 Å². The minimum atomic E-state index is -4.65. The maximum atomic E-state index is 12.5. The molecule has 19 heavy (non-hydrogen) atoms. The maximum Gasteiger partial charge on any atom is 0.416 e. The lowest BCUT2D eigenvalue weighted by molar-refractivity contribution is -0.137. The van der Waals surface area contributed by atoms with E-state index in [0.29, 0.717) is 12.1 Å². The Morgan fingerprint density at radius 1 is 1.37 bits per heavy atom. The lowest BCUT2D eigenvalue weighted by Gasteiger charge is -2.12. The third-order valence-electron chi connectivity index (χ3n) is 2.04. The van der Waals surface area contributed by atoms with Gasteiger partial charge in [-0.25, -0.2) is 0 Å². The van der Waals surface area contributed by atoms with E-state index in [-0.39, 0.29) is 5.69 Å². The minimum Gasteiger partial charge on any atom is -0.323 e. The molecule has 0 aliphatic rings. The molecule has 1 N–H and O–H groups in total. The van der Waals surface area contributed by atoms with Crippen molar-refractivity contribution in [2.75, 3.05) is 5.32 Å². The smallest absolute Gasteiger partial charge is 0.323 e. The Hall–Kier alpha value is -2.25. The van der Waals surface area contributed by atoms with Crippen LogP contribution >= 0.6 is 11.6 Å². The topological polar surface area (TPSA) is 76.7 Å². The van der Waals surface area contributed by atoms with E-state index in [1.165, 1.54) is 6.07 Å². The Morgan fingerprint density at radius 3 is 2.47 bits per heavy atom. The SMILES string of the molecule is N#CCC(=O)Nc1c(Cl)cc(C(F)(F)F)cc1C#N. The summed E-state index contributed by atoms with van der Waals surface area (Å²) >= 11 is 5.61. The monoisotopic (exact) mass is 287 g/mol. The van der Waals surface area contributed by atoms with Gasteiger partial charge < -0.3 is 5.32 Å². The molecule has 0 aliphatic heterocycles. The fourth-order valence-electron chi connectivity index (χ4n) is 1.24. The highest BCUT2D eigenvalue weighted by Gasteiger charge is 2.32. The van der Waals surface area contributed by atoms with Crippen molar-refractivity contribution >= 4 is 23.2 Å². The molecule has 1 rings (SSSR count). The lowest BCUT2D eigenvalue weighted by atomic mass is 10.1. The summed E-state index contributed by atoms with van der Waals surface area (Å²) in [7, 11) is 0. The standard InChI is InChI=1S/C11H5ClF3N3O/c12-8-4-7(11(13,14)15)3-6(5-17)10(8)18-9(19)1-2-16/h3-4H,1H2,(H,18,19). The van der Waals surface area contributed by atoms with Gasteiger partial charge in [-0.1, -0.05) is 11.6 Å². The zero-order valence-corrected chi connectivity index (χ0v) is 9.93. The molecule has 1 aromatic rings. The third-order valence-corrected chi connectivity index (χ3v) is 2.34. The van der Waals surface area contributed by atoms with Crippen molar-refractivity contribution in [1.82, 2.24) is 0 Å². The van der Waals surface area contributed by atoms with Gasteiger partial charge in [-0.05, 0) is 12.1 Å². The summed E-state index contributed by atoms with van der Waals surface area (Å²) in [5, 5.41) is 18.8. The molecule has 4 nitrogen and oxygen atoms in total. The van der Waals surface area contributed by atoms with Gasteiger partial charge in [0.15, 0.2) is 0 Å². The number of alkyl halides is 3. The number of carbonyl (C=O) groups excluding carboxylic acids is 1. The summed E-state index contributed by atoms with van der Waals surface area (Å²) in [6.07, 6.45) is -5.15. The number of nitrogens with zero attached hydrogens (tertiary/aromatic N) is 2. The second-order valence-corrected chi connectivity index (χ2v) is 3.78. The summed E-state index contributed by atoms with van der Waals surface area (Å²) < 4.78 is 37.5. The molecule has 0 heterocycles. The fourth-order valence-corrected chi connectivity index (χ4v) is 1.51. The highest BCUT2D eigenvalue weighted by atomic mass is 35.5. The molecule has 0 spiro atoms. The van der Waals surface area contributed by atoms with Crippen molar-refractivity contribution in [3.05, 3.63) is 28.3 Å². The number of hydrogen-bond acceptors (Lipinski definition) is 3. The first-order chi connectivity index (χ1) is 8.79. The third kappa shape index (κ3) is 3.60. The number of nitriles is 2. The van der Waals surface area contributed by atoms with Crippen molar-refractivity contribution in [2.24, 2.45) is 0 Å². The van der Waals surface area contributed by atoms with E-state index in [9.17, 15) is 18.0 Å². The number of anilines is 1. The van der Waals surface area contributed by atoms with Crippen LogP contribution in [0.25, 0.3) is 0 Å². The fraction of sp³-hybridized carbons (Fsp3) is 0.182. The number of halogens is 4. The molecule has 0 unspecified atom stereocenters. The van der Waals surface area contributed by atoms with Crippen LogP contribution in [0.15, 0.2) is 12.1 Å². The van der Waals surface area contributed by atoms with E-state index in [1.807, 2.05) is 0 Å².